The maximum absolute atomic E-state index is 13.2. The van der Waals surface area contributed by atoms with Crippen LogP contribution in [0.5, 0.6) is 0 Å². The summed E-state index contributed by atoms with van der Waals surface area (Å²) in [6.45, 7) is 2.56. The number of carbonyl (C=O) groups excluding carboxylic acids is 1. The summed E-state index contributed by atoms with van der Waals surface area (Å²) in [6, 6.07) is 12.9. The van der Waals surface area contributed by atoms with E-state index in [-0.39, 0.29) is 18.1 Å². The number of hydrogen-bond donors (Lipinski definition) is 1. The van der Waals surface area contributed by atoms with Gasteiger partial charge in [0.15, 0.2) is 0 Å². The van der Waals surface area contributed by atoms with Crippen molar-refractivity contribution in [3.05, 3.63) is 74.3 Å². The first-order chi connectivity index (χ1) is 12.5. The first-order valence-electron chi connectivity index (χ1n) is 8.23. The van der Waals surface area contributed by atoms with Gasteiger partial charge in [-0.15, -0.1) is 11.3 Å². The van der Waals surface area contributed by atoms with Gasteiger partial charge in [-0.05, 0) is 52.5 Å². The first kappa shape index (κ1) is 18.7. The van der Waals surface area contributed by atoms with E-state index in [2.05, 4.69) is 55.9 Å². The van der Waals surface area contributed by atoms with Crippen LogP contribution in [0.2, 0.25) is 0 Å². The van der Waals surface area contributed by atoms with Gasteiger partial charge in [-0.2, -0.15) is 0 Å². The summed E-state index contributed by atoms with van der Waals surface area (Å²) in [5.41, 5.74) is 4.03. The molecule has 134 valence electrons. The summed E-state index contributed by atoms with van der Waals surface area (Å²) in [5.74, 6) is -0.400. The highest BCUT2D eigenvalue weighted by Crippen LogP contribution is 2.22. The average molecular weight is 433 g/mol. The average Bonchev–Trinajstić information content (AvgIpc) is 3.05. The lowest BCUT2D eigenvalue weighted by atomic mass is 10.1. The fraction of sp³-hybridized carbons (Fsp3) is 0.200. The van der Waals surface area contributed by atoms with E-state index >= 15 is 0 Å². The third-order valence-electron chi connectivity index (χ3n) is 3.95. The second-order valence-electron chi connectivity index (χ2n) is 5.97. The van der Waals surface area contributed by atoms with Gasteiger partial charge in [-0.1, -0.05) is 30.3 Å². The topological polar surface area (TPSA) is 42.0 Å². The van der Waals surface area contributed by atoms with Crippen LogP contribution in [0.3, 0.4) is 0 Å². The van der Waals surface area contributed by atoms with Crippen LogP contribution >= 0.6 is 27.3 Å². The molecule has 1 heterocycles. The Morgan fingerprint density at radius 1 is 1.19 bits per heavy atom. The molecular weight excluding hydrogens is 415 g/mol. The number of carbonyl (C=O) groups is 1. The molecule has 0 saturated heterocycles. The zero-order valence-electron chi connectivity index (χ0n) is 14.3. The summed E-state index contributed by atoms with van der Waals surface area (Å²) in [6.07, 6.45) is 0.996. The molecule has 6 heteroatoms. The summed E-state index contributed by atoms with van der Waals surface area (Å²) in [7, 11) is 0. The summed E-state index contributed by atoms with van der Waals surface area (Å²) in [4.78, 5) is 16.5. The van der Waals surface area contributed by atoms with Gasteiger partial charge in [0.05, 0.1) is 21.6 Å². The number of hydrogen-bond acceptors (Lipinski definition) is 3. The van der Waals surface area contributed by atoms with Crippen molar-refractivity contribution in [3.8, 4) is 11.3 Å². The molecule has 26 heavy (non-hydrogen) atoms. The van der Waals surface area contributed by atoms with Gasteiger partial charge in [0.25, 0.3) is 0 Å². The number of halogens is 2. The Morgan fingerprint density at radius 3 is 2.58 bits per heavy atom. The highest BCUT2D eigenvalue weighted by Gasteiger charge is 2.06. The van der Waals surface area contributed by atoms with E-state index in [0.717, 1.165) is 33.8 Å². The second-order valence-corrected chi connectivity index (χ2v) is 7.89. The van der Waals surface area contributed by atoms with Crippen molar-refractivity contribution in [1.29, 1.82) is 0 Å². The third-order valence-corrected chi connectivity index (χ3v) is 5.33. The molecule has 0 aliphatic heterocycles. The van der Waals surface area contributed by atoms with Crippen molar-refractivity contribution in [2.45, 2.75) is 19.8 Å². The van der Waals surface area contributed by atoms with Crippen LogP contribution in [0.1, 0.15) is 16.1 Å². The van der Waals surface area contributed by atoms with Crippen molar-refractivity contribution < 1.29 is 9.18 Å². The summed E-state index contributed by atoms with van der Waals surface area (Å²) < 4.78 is 13.6. The fourth-order valence-corrected chi connectivity index (χ4v) is 3.63. The lowest BCUT2D eigenvalue weighted by Gasteiger charge is -2.07. The smallest absolute Gasteiger partial charge is 0.224 e. The number of nitrogens with one attached hydrogen (secondary N) is 1. The molecule has 2 aromatic carbocycles. The zero-order chi connectivity index (χ0) is 18.5. The monoisotopic (exact) mass is 432 g/mol. The lowest BCUT2D eigenvalue weighted by Crippen LogP contribution is -2.27. The van der Waals surface area contributed by atoms with Gasteiger partial charge in [0, 0.05) is 17.5 Å². The largest absolute Gasteiger partial charge is 0.355 e. The number of aromatic nitrogens is 1. The number of benzene rings is 2. The zero-order valence-corrected chi connectivity index (χ0v) is 16.7. The minimum absolute atomic E-state index is 0.0712. The predicted octanol–water partition coefficient (Wildman–Crippen LogP) is 4.92. The van der Waals surface area contributed by atoms with Crippen molar-refractivity contribution in [3.63, 3.8) is 0 Å². The predicted molar refractivity (Wildman–Crippen MR) is 107 cm³/mol. The summed E-state index contributed by atoms with van der Waals surface area (Å²) >= 11 is 4.77. The molecule has 3 nitrogen and oxygen atoms in total. The minimum Gasteiger partial charge on any atom is -0.355 e. The summed E-state index contributed by atoms with van der Waals surface area (Å²) in [5, 5.41) is 6.01. The van der Waals surface area contributed by atoms with E-state index < -0.39 is 0 Å². The number of amides is 1. The van der Waals surface area contributed by atoms with Crippen LogP contribution in [0, 0.1) is 12.7 Å². The number of thiazole rings is 1. The number of aryl methyl sites for hydroxylation is 1. The Hall–Kier alpha value is -2.05. The first-order valence-corrected chi connectivity index (χ1v) is 9.90. The van der Waals surface area contributed by atoms with Crippen LogP contribution in [-0.2, 0) is 17.6 Å². The van der Waals surface area contributed by atoms with Crippen LogP contribution < -0.4 is 5.32 Å². The van der Waals surface area contributed by atoms with Crippen LogP contribution in [0.4, 0.5) is 4.39 Å². The van der Waals surface area contributed by atoms with Gasteiger partial charge in [-0.25, -0.2) is 9.37 Å². The lowest BCUT2D eigenvalue weighted by molar-refractivity contribution is -0.120. The van der Waals surface area contributed by atoms with Gasteiger partial charge < -0.3 is 5.32 Å². The van der Waals surface area contributed by atoms with Crippen molar-refractivity contribution in [2.24, 2.45) is 0 Å². The molecule has 0 atom stereocenters. The molecule has 0 radical (unpaired) electrons. The molecule has 0 aliphatic rings. The van der Waals surface area contributed by atoms with E-state index in [1.807, 2.05) is 6.92 Å². The van der Waals surface area contributed by atoms with Crippen LogP contribution in [0.15, 0.2) is 52.3 Å². The molecular formula is C20H18BrFN2OS. The molecule has 1 N–H and O–H groups in total. The van der Waals surface area contributed by atoms with E-state index in [4.69, 9.17) is 0 Å². The van der Waals surface area contributed by atoms with E-state index in [0.29, 0.717) is 11.0 Å². The molecule has 1 amide bonds. The van der Waals surface area contributed by atoms with E-state index in [1.165, 1.54) is 6.07 Å². The Balaban J connectivity index is 1.48. The van der Waals surface area contributed by atoms with Crippen molar-refractivity contribution in [1.82, 2.24) is 10.3 Å². The van der Waals surface area contributed by atoms with Gasteiger partial charge in [0.1, 0.15) is 5.82 Å². The Bertz CT molecular complexity index is 908. The molecule has 0 aliphatic carbocycles. The van der Waals surface area contributed by atoms with Crippen molar-refractivity contribution in [2.75, 3.05) is 6.54 Å². The van der Waals surface area contributed by atoms with Crippen LogP contribution in [0.25, 0.3) is 11.3 Å². The van der Waals surface area contributed by atoms with Gasteiger partial charge in [0.2, 0.25) is 5.91 Å². The molecule has 3 rings (SSSR count). The van der Waals surface area contributed by atoms with E-state index in [1.54, 1.807) is 23.5 Å². The number of rotatable bonds is 6. The maximum atomic E-state index is 13.2. The highest BCUT2D eigenvalue weighted by molar-refractivity contribution is 9.10. The quantitative estimate of drug-likeness (QED) is 0.600. The molecule has 0 fully saturated rings. The highest BCUT2D eigenvalue weighted by atomic mass is 79.9. The van der Waals surface area contributed by atoms with E-state index in [9.17, 15) is 9.18 Å². The molecule has 1 aromatic heterocycles. The minimum atomic E-state index is -0.328. The standard InChI is InChI=1S/C20H18BrFN2OS/c1-13-24-19(12-26-13)16-5-2-14(3-6-16)8-9-23-20(25)11-15-4-7-18(22)17(21)10-15/h2-7,10,12H,8-9,11H2,1H3,(H,23,25). The molecule has 0 bridgehead atoms. The molecule has 0 unspecified atom stereocenters. The third kappa shape index (κ3) is 4.99. The molecule has 0 saturated carbocycles. The Kier molecular flexibility index (Phi) is 6.16. The molecule has 3 aromatic rings. The number of nitrogens with zero attached hydrogens (tertiary/aromatic N) is 1. The second kappa shape index (κ2) is 8.56. The van der Waals surface area contributed by atoms with Crippen LogP contribution in [-0.4, -0.2) is 17.4 Å². The fourth-order valence-electron chi connectivity index (χ4n) is 2.58. The Morgan fingerprint density at radius 2 is 1.92 bits per heavy atom. The SMILES string of the molecule is Cc1nc(-c2ccc(CCNC(=O)Cc3ccc(F)c(Br)c3)cc2)cs1. The maximum Gasteiger partial charge on any atom is 0.224 e. The molecule has 0 spiro atoms. The Labute approximate surface area is 164 Å². The van der Waals surface area contributed by atoms with Gasteiger partial charge >= 0.3 is 0 Å². The van der Waals surface area contributed by atoms with Gasteiger partial charge in [-0.3, -0.25) is 4.79 Å². The van der Waals surface area contributed by atoms with Crippen molar-refractivity contribution >= 4 is 33.2 Å². The normalized spacial score (nSPS) is 10.7.